The van der Waals surface area contributed by atoms with Crippen molar-refractivity contribution in [2.75, 3.05) is 0 Å². The van der Waals surface area contributed by atoms with Crippen LogP contribution < -0.4 is 0 Å². The zero-order valence-corrected chi connectivity index (χ0v) is 13.5. The van der Waals surface area contributed by atoms with Crippen LogP contribution in [0.25, 0.3) is 11.3 Å². The molecule has 0 aliphatic carbocycles. The Kier molecular flexibility index (Phi) is 4.61. The number of aromatic nitrogens is 2. The molecule has 0 fully saturated rings. The van der Waals surface area contributed by atoms with Gasteiger partial charge in [-0.15, -0.1) is 13.2 Å². The third-order valence-electron chi connectivity index (χ3n) is 3.71. The molecular formula is C15H9F6N5O2. The largest absolute Gasteiger partial charge is 0.487 e. The van der Waals surface area contributed by atoms with Gasteiger partial charge < -0.3 is 0 Å². The van der Waals surface area contributed by atoms with Crippen LogP contribution in [0, 0.1) is 10.1 Å². The molecule has 1 atom stereocenters. The third kappa shape index (κ3) is 3.68. The molecule has 0 bridgehead atoms. The van der Waals surface area contributed by atoms with Crippen molar-refractivity contribution in [3.05, 3.63) is 58.4 Å². The maximum absolute atomic E-state index is 13.3. The fourth-order valence-corrected chi connectivity index (χ4v) is 2.48. The van der Waals surface area contributed by atoms with E-state index in [4.69, 9.17) is 0 Å². The minimum Gasteiger partial charge on any atom is -0.258 e. The number of nitro groups is 1. The molecule has 1 aliphatic rings. The molecule has 148 valence electrons. The maximum atomic E-state index is 13.3. The molecule has 13 heteroatoms. The second-order valence-electron chi connectivity index (χ2n) is 5.52. The van der Waals surface area contributed by atoms with Crippen LogP contribution in [-0.2, 0) is 6.18 Å². The van der Waals surface area contributed by atoms with Crippen molar-refractivity contribution in [2.24, 2.45) is 4.99 Å². The normalized spacial score (nSPS) is 17.2. The van der Waals surface area contributed by atoms with Crippen LogP contribution >= 0.6 is 0 Å². The minimum atomic E-state index is -4.93. The van der Waals surface area contributed by atoms with Gasteiger partial charge in [0.2, 0.25) is 6.29 Å². The van der Waals surface area contributed by atoms with E-state index in [1.165, 1.54) is 0 Å². The van der Waals surface area contributed by atoms with Gasteiger partial charge in [0.05, 0.1) is 10.6 Å². The average Bonchev–Trinajstić information content (AvgIpc) is 3.06. The summed E-state index contributed by atoms with van der Waals surface area (Å²) in [6, 6.07) is 4.83. The number of benzene rings is 1. The van der Waals surface area contributed by atoms with Crippen molar-refractivity contribution in [3.8, 4) is 11.3 Å². The number of aliphatic imine (C=N–C) groups is 1. The van der Waals surface area contributed by atoms with E-state index >= 15 is 0 Å². The summed E-state index contributed by atoms with van der Waals surface area (Å²) < 4.78 is 79.6. The Morgan fingerprint density at radius 3 is 2.25 bits per heavy atom. The molecular weight excluding hydrogens is 396 g/mol. The van der Waals surface area contributed by atoms with Gasteiger partial charge in [0.15, 0.2) is 5.69 Å². The van der Waals surface area contributed by atoms with Gasteiger partial charge in [-0.3, -0.25) is 10.1 Å². The molecule has 0 radical (unpaired) electrons. The molecule has 3 rings (SSSR count). The lowest BCUT2D eigenvalue weighted by atomic mass is 10.1. The number of rotatable bonds is 3. The lowest BCUT2D eigenvalue weighted by molar-refractivity contribution is -0.384. The van der Waals surface area contributed by atoms with Gasteiger partial charge in [0, 0.05) is 30.1 Å². The van der Waals surface area contributed by atoms with E-state index in [0.717, 1.165) is 36.6 Å². The Balaban J connectivity index is 2.14. The Labute approximate surface area is 152 Å². The van der Waals surface area contributed by atoms with Gasteiger partial charge in [0.1, 0.15) is 0 Å². The fraction of sp³-hybridized carbons (Fsp3) is 0.200. The highest BCUT2D eigenvalue weighted by Gasteiger charge is 2.43. The summed E-state index contributed by atoms with van der Waals surface area (Å²) in [5.41, 5.74) is -2.09. The molecule has 28 heavy (non-hydrogen) atoms. The Morgan fingerprint density at radius 1 is 1.07 bits per heavy atom. The number of non-ortho nitro benzene ring substituents is 1. The summed E-state index contributed by atoms with van der Waals surface area (Å²) in [5, 5.41) is 14.0. The molecule has 2 heterocycles. The van der Waals surface area contributed by atoms with Gasteiger partial charge in [-0.25, -0.2) is 14.6 Å². The lowest BCUT2D eigenvalue weighted by Crippen LogP contribution is -2.40. The second-order valence-corrected chi connectivity index (χ2v) is 5.52. The molecule has 1 aromatic heterocycles. The smallest absolute Gasteiger partial charge is 0.258 e. The van der Waals surface area contributed by atoms with E-state index in [1.807, 2.05) is 0 Å². The SMILES string of the molecule is O=[N+]([O-])c1ccc(-c2cc(C(F)(F)F)nn2C2N=CC=CN2C(F)(F)F)cc1. The number of hydrogen-bond acceptors (Lipinski definition) is 5. The predicted octanol–water partition coefficient (Wildman–Crippen LogP) is 4.35. The Morgan fingerprint density at radius 2 is 1.71 bits per heavy atom. The molecule has 0 N–H and O–H groups in total. The molecule has 0 saturated carbocycles. The summed E-state index contributed by atoms with van der Waals surface area (Å²) in [6.45, 7) is 0. The number of hydrogen-bond donors (Lipinski definition) is 0. The third-order valence-corrected chi connectivity index (χ3v) is 3.71. The summed E-state index contributed by atoms with van der Waals surface area (Å²) in [6.07, 6.45) is -9.21. The number of allylic oxidation sites excluding steroid dienone is 1. The van der Waals surface area contributed by atoms with Crippen LogP contribution in [0.3, 0.4) is 0 Å². The molecule has 1 aromatic carbocycles. The minimum absolute atomic E-state index is 0.000442. The molecule has 1 aliphatic heterocycles. The van der Waals surface area contributed by atoms with E-state index < -0.39 is 29.4 Å². The van der Waals surface area contributed by atoms with Gasteiger partial charge in [-0.1, -0.05) is 0 Å². The first kappa shape index (κ1) is 19.4. The van der Waals surface area contributed by atoms with Gasteiger partial charge in [0.25, 0.3) is 5.69 Å². The van der Waals surface area contributed by atoms with E-state index in [1.54, 1.807) is 0 Å². The zero-order valence-electron chi connectivity index (χ0n) is 13.5. The highest BCUT2D eigenvalue weighted by Crippen LogP contribution is 2.37. The van der Waals surface area contributed by atoms with E-state index in [2.05, 4.69) is 10.1 Å². The van der Waals surface area contributed by atoms with Crippen LogP contribution in [0.15, 0.2) is 47.6 Å². The number of nitro benzene ring substituents is 1. The lowest BCUT2D eigenvalue weighted by Gasteiger charge is -2.31. The average molecular weight is 405 g/mol. The second kappa shape index (κ2) is 6.65. The Hall–Kier alpha value is -3.38. The highest BCUT2D eigenvalue weighted by molar-refractivity contribution is 5.72. The van der Waals surface area contributed by atoms with Gasteiger partial charge >= 0.3 is 12.5 Å². The van der Waals surface area contributed by atoms with Crippen molar-refractivity contribution in [1.82, 2.24) is 14.7 Å². The van der Waals surface area contributed by atoms with Crippen LogP contribution in [0.5, 0.6) is 0 Å². The van der Waals surface area contributed by atoms with Crippen molar-refractivity contribution >= 4 is 11.9 Å². The van der Waals surface area contributed by atoms with E-state index in [9.17, 15) is 36.5 Å². The van der Waals surface area contributed by atoms with Gasteiger partial charge in [-0.2, -0.15) is 18.3 Å². The van der Waals surface area contributed by atoms with E-state index in [-0.39, 0.29) is 21.8 Å². The highest BCUT2D eigenvalue weighted by atomic mass is 19.4. The summed E-state index contributed by atoms with van der Waals surface area (Å²) in [7, 11) is 0. The van der Waals surface area contributed by atoms with Crippen molar-refractivity contribution in [3.63, 3.8) is 0 Å². The molecule has 0 saturated heterocycles. The van der Waals surface area contributed by atoms with Crippen molar-refractivity contribution in [1.29, 1.82) is 0 Å². The standard InChI is InChI=1S/C15H9F6N5O2/c16-14(17,18)12-8-11(9-2-4-10(5-3-9)26(27)28)25(23-12)13-22-6-1-7-24(13)15(19,20)21/h1-8,13H. The van der Waals surface area contributed by atoms with Crippen LogP contribution in [0.1, 0.15) is 12.0 Å². The quantitative estimate of drug-likeness (QED) is 0.329. The number of nitrogens with zero attached hydrogens (tertiary/aromatic N) is 5. The zero-order chi connectivity index (χ0) is 20.7. The van der Waals surface area contributed by atoms with Crippen molar-refractivity contribution in [2.45, 2.75) is 18.8 Å². The topological polar surface area (TPSA) is 76.6 Å². The molecule has 0 amide bonds. The monoisotopic (exact) mass is 405 g/mol. The van der Waals surface area contributed by atoms with E-state index in [0.29, 0.717) is 16.9 Å². The number of alkyl halides is 6. The fourth-order valence-electron chi connectivity index (χ4n) is 2.48. The summed E-state index contributed by atoms with van der Waals surface area (Å²) >= 11 is 0. The Bertz CT molecular complexity index is 945. The van der Waals surface area contributed by atoms with Crippen LogP contribution in [0.2, 0.25) is 0 Å². The maximum Gasteiger partial charge on any atom is 0.487 e. The van der Waals surface area contributed by atoms with Crippen molar-refractivity contribution < 1.29 is 31.3 Å². The van der Waals surface area contributed by atoms with Crippen LogP contribution in [0.4, 0.5) is 32.0 Å². The molecule has 0 spiro atoms. The first-order valence-electron chi connectivity index (χ1n) is 7.45. The summed E-state index contributed by atoms with van der Waals surface area (Å²) in [5.74, 6) is 0. The summed E-state index contributed by atoms with van der Waals surface area (Å²) in [4.78, 5) is 13.4. The molecule has 1 unspecified atom stereocenters. The first-order chi connectivity index (χ1) is 13.0. The van der Waals surface area contributed by atoms with Gasteiger partial charge in [-0.05, 0) is 24.3 Å². The number of halogens is 6. The first-order valence-corrected chi connectivity index (χ1v) is 7.45. The predicted molar refractivity (Wildman–Crippen MR) is 83.9 cm³/mol. The molecule has 7 nitrogen and oxygen atoms in total. The molecule has 2 aromatic rings. The van der Waals surface area contributed by atoms with Crippen LogP contribution in [-0.4, -0.2) is 32.1 Å².